The molecule has 0 spiro atoms. The zero-order valence-corrected chi connectivity index (χ0v) is 15.3. The molecule has 1 N–H and O–H groups in total. The van der Waals surface area contributed by atoms with E-state index in [0.717, 1.165) is 10.6 Å². The van der Waals surface area contributed by atoms with Crippen molar-refractivity contribution in [2.75, 3.05) is 13.7 Å². The second kappa shape index (κ2) is 9.04. The lowest BCUT2D eigenvalue weighted by Crippen LogP contribution is -2.49. The number of nitrogens with zero attached hydrogens (tertiary/aromatic N) is 2. The lowest BCUT2D eigenvalue weighted by molar-refractivity contribution is -0.178. The standard InChI is InChI=1S/C18H25N3O4/c1-6-24-21(5)16(22)15(20-17(23)25-18(2,3)4)11-13-7-9-14(12-19)10-8-13/h7-10,15H,6,11H2,1-5H3,(H,20,23)/t15-/m0/s1. The molecule has 7 heteroatoms. The molecule has 1 atom stereocenters. The molecule has 25 heavy (non-hydrogen) atoms. The lowest BCUT2D eigenvalue weighted by atomic mass is 10.0. The minimum absolute atomic E-state index is 0.251. The minimum Gasteiger partial charge on any atom is -0.444 e. The summed E-state index contributed by atoms with van der Waals surface area (Å²) in [5.74, 6) is -0.392. The molecule has 1 rings (SSSR count). The highest BCUT2D eigenvalue weighted by atomic mass is 16.7. The second-order valence-corrected chi connectivity index (χ2v) is 6.47. The highest BCUT2D eigenvalue weighted by molar-refractivity contribution is 5.85. The first-order valence-corrected chi connectivity index (χ1v) is 8.05. The molecular weight excluding hydrogens is 322 g/mol. The second-order valence-electron chi connectivity index (χ2n) is 6.47. The minimum atomic E-state index is -0.848. The number of carbonyl (C=O) groups is 2. The summed E-state index contributed by atoms with van der Waals surface area (Å²) < 4.78 is 5.23. The number of amides is 2. The maximum Gasteiger partial charge on any atom is 0.408 e. The molecule has 1 aromatic rings. The normalized spacial score (nSPS) is 12.0. The maximum absolute atomic E-state index is 12.5. The van der Waals surface area contributed by atoms with Crippen molar-refractivity contribution < 1.29 is 19.2 Å². The van der Waals surface area contributed by atoms with Crippen LogP contribution in [0.25, 0.3) is 0 Å². The molecule has 0 aliphatic heterocycles. The molecule has 0 unspecified atom stereocenters. The monoisotopic (exact) mass is 347 g/mol. The van der Waals surface area contributed by atoms with E-state index in [1.807, 2.05) is 6.07 Å². The Hall–Kier alpha value is -2.59. The first kappa shape index (κ1) is 20.5. The Morgan fingerprint density at radius 2 is 1.88 bits per heavy atom. The van der Waals surface area contributed by atoms with Crippen LogP contribution in [0.3, 0.4) is 0 Å². The van der Waals surface area contributed by atoms with Crippen molar-refractivity contribution in [3.63, 3.8) is 0 Å². The van der Waals surface area contributed by atoms with Gasteiger partial charge in [-0.3, -0.25) is 9.63 Å². The molecule has 0 radical (unpaired) electrons. The first-order valence-electron chi connectivity index (χ1n) is 8.05. The van der Waals surface area contributed by atoms with Crippen LogP contribution < -0.4 is 5.32 Å². The van der Waals surface area contributed by atoms with E-state index < -0.39 is 23.6 Å². The summed E-state index contributed by atoms with van der Waals surface area (Å²) in [5, 5.41) is 12.6. The molecule has 0 aliphatic carbocycles. The van der Waals surface area contributed by atoms with Gasteiger partial charge in [-0.1, -0.05) is 12.1 Å². The van der Waals surface area contributed by atoms with Gasteiger partial charge in [0.25, 0.3) is 5.91 Å². The van der Waals surface area contributed by atoms with E-state index in [-0.39, 0.29) is 6.42 Å². The van der Waals surface area contributed by atoms with Gasteiger partial charge in [-0.25, -0.2) is 9.86 Å². The predicted molar refractivity (Wildman–Crippen MR) is 92.4 cm³/mol. The van der Waals surface area contributed by atoms with Gasteiger partial charge in [0.1, 0.15) is 11.6 Å². The Morgan fingerprint density at radius 3 is 2.36 bits per heavy atom. The van der Waals surface area contributed by atoms with E-state index in [9.17, 15) is 9.59 Å². The number of nitrogens with one attached hydrogen (secondary N) is 1. The van der Waals surface area contributed by atoms with Crippen LogP contribution in [0.1, 0.15) is 38.8 Å². The Morgan fingerprint density at radius 1 is 1.28 bits per heavy atom. The number of rotatable bonds is 6. The molecule has 0 aliphatic rings. The summed E-state index contributed by atoms with van der Waals surface area (Å²) in [5.41, 5.74) is 0.661. The molecule has 0 saturated heterocycles. The molecule has 0 aromatic heterocycles. The molecule has 0 fully saturated rings. The number of hydrogen-bond donors (Lipinski definition) is 1. The summed E-state index contributed by atoms with van der Waals surface area (Å²) in [7, 11) is 1.49. The molecule has 0 heterocycles. The SMILES string of the molecule is CCON(C)C(=O)[C@H](Cc1ccc(C#N)cc1)NC(=O)OC(C)(C)C. The Bertz CT molecular complexity index is 629. The summed E-state index contributed by atoms with van der Waals surface area (Å²) >= 11 is 0. The van der Waals surface area contributed by atoms with E-state index in [1.54, 1.807) is 52.0 Å². The third-order valence-electron chi connectivity index (χ3n) is 3.15. The zero-order chi connectivity index (χ0) is 19.0. The van der Waals surface area contributed by atoms with Gasteiger partial charge in [0.05, 0.1) is 18.2 Å². The fourth-order valence-corrected chi connectivity index (χ4v) is 2.08. The first-order chi connectivity index (χ1) is 11.7. The van der Waals surface area contributed by atoms with Gasteiger partial charge in [-0.05, 0) is 45.4 Å². The van der Waals surface area contributed by atoms with Crippen molar-refractivity contribution >= 4 is 12.0 Å². The fraction of sp³-hybridized carbons (Fsp3) is 0.500. The van der Waals surface area contributed by atoms with E-state index >= 15 is 0 Å². The van der Waals surface area contributed by atoms with Crippen LogP contribution in [0.5, 0.6) is 0 Å². The van der Waals surface area contributed by atoms with Crippen molar-refractivity contribution in [1.29, 1.82) is 5.26 Å². The van der Waals surface area contributed by atoms with Crippen LogP contribution >= 0.6 is 0 Å². The van der Waals surface area contributed by atoms with Gasteiger partial charge in [-0.15, -0.1) is 0 Å². The summed E-state index contributed by atoms with van der Waals surface area (Å²) in [6, 6.07) is 8.01. The van der Waals surface area contributed by atoms with Crippen LogP contribution in [0.2, 0.25) is 0 Å². The van der Waals surface area contributed by atoms with Crippen LogP contribution in [0.15, 0.2) is 24.3 Å². The van der Waals surface area contributed by atoms with Gasteiger partial charge >= 0.3 is 6.09 Å². The van der Waals surface area contributed by atoms with Crippen molar-refractivity contribution in [3.8, 4) is 6.07 Å². The van der Waals surface area contributed by atoms with Gasteiger partial charge < -0.3 is 10.1 Å². The molecule has 2 amide bonds. The number of carbonyl (C=O) groups excluding carboxylic acids is 2. The van der Waals surface area contributed by atoms with Gasteiger partial charge in [-0.2, -0.15) is 5.26 Å². The van der Waals surface area contributed by atoms with E-state index in [4.69, 9.17) is 14.8 Å². The largest absolute Gasteiger partial charge is 0.444 e. The number of benzene rings is 1. The Labute approximate surface area is 148 Å². The average Bonchev–Trinajstić information content (AvgIpc) is 2.52. The zero-order valence-electron chi connectivity index (χ0n) is 15.3. The van der Waals surface area contributed by atoms with Crippen LogP contribution in [-0.4, -0.2) is 42.4 Å². The van der Waals surface area contributed by atoms with Crippen molar-refractivity contribution in [2.24, 2.45) is 0 Å². The van der Waals surface area contributed by atoms with E-state index in [1.165, 1.54) is 7.05 Å². The molecule has 136 valence electrons. The predicted octanol–water partition coefficient (Wildman–Crippen LogP) is 2.40. The summed E-state index contributed by atoms with van der Waals surface area (Å²) in [4.78, 5) is 29.8. The Balaban J connectivity index is 2.91. The average molecular weight is 347 g/mol. The van der Waals surface area contributed by atoms with Crippen LogP contribution in [-0.2, 0) is 20.8 Å². The lowest BCUT2D eigenvalue weighted by Gasteiger charge is -2.26. The number of hydrogen-bond acceptors (Lipinski definition) is 5. The Kier molecular flexibility index (Phi) is 7.40. The van der Waals surface area contributed by atoms with Gasteiger partial charge in [0.15, 0.2) is 0 Å². The van der Waals surface area contributed by atoms with Crippen molar-refractivity contribution in [3.05, 3.63) is 35.4 Å². The number of hydroxylamine groups is 2. The number of ether oxygens (including phenoxy) is 1. The fourth-order valence-electron chi connectivity index (χ4n) is 2.08. The number of likely N-dealkylation sites (N-methyl/N-ethyl adjacent to an activating group) is 1. The highest BCUT2D eigenvalue weighted by Crippen LogP contribution is 2.11. The topological polar surface area (TPSA) is 91.7 Å². The third-order valence-corrected chi connectivity index (χ3v) is 3.15. The van der Waals surface area contributed by atoms with Crippen molar-refractivity contribution in [1.82, 2.24) is 10.4 Å². The summed E-state index contributed by atoms with van der Waals surface area (Å²) in [6.07, 6.45) is -0.425. The quantitative estimate of drug-likeness (QED) is 0.798. The van der Waals surface area contributed by atoms with Crippen LogP contribution in [0.4, 0.5) is 4.79 Å². The summed E-state index contributed by atoms with van der Waals surface area (Å²) in [6.45, 7) is 7.34. The van der Waals surface area contributed by atoms with E-state index in [2.05, 4.69) is 5.32 Å². The van der Waals surface area contributed by atoms with Crippen LogP contribution in [0, 0.1) is 11.3 Å². The molecule has 0 saturated carbocycles. The van der Waals surface area contributed by atoms with Gasteiger partial charge in [0, 0.05) is 13.5 Å². The van der Waals surface area contributed by atoms with Crippen molar-refractivity contribution in [2.45, 2.75) is 45.8 Å². The van der Waals surface area contributed by atoms with E-state index in [0.29, 0.717) is 12.2 Å². The number of nitriles is 1. The maximum atomic E-state index is 12.5. The molecule has 1 aromatic carbocycles. The van der Waals surface area contributed by atoms with Gasteiger partial charge in [0.2, 0.25) is 0 Å². The molecular formula is C18H25N3O4. The molecule has 0 bridgehead atoms. The number of alkyl carbamates (subject to hydrolysis) is 1. The third kappa shape index (κ3) is 7.23. The molecule has 7 nitrogen and oxygen atoms in total. The highest BCUT2D eigenvalue weighted by Gasteiger charge is 2.27. The smallest absolute Gasteiger partial charge is 0.408 e.